The summed E-state index contributed by atoms with van der Waals surface area (Å²) in [5.41, 5.74) is 0. The zero-order valence-electron chi connectivity index (χ0n) is 38.2. The molecule has 0 spiro atoms. The van der Waals surface area contributed by atoms with Gasteiger partial charge in [0.2, 0.25) is 0 Å². The molecule has 0 radical (unpaired) electrons. The molecule has 6 N–H and O–H groups in total. The van der Waals surface area contributed by atoms with Crippen LogP contribution in [0.1, 0.15) is 142 Å². The molecule has 0 aromatic rings. The average molecular weight is 923 g/mol. The highest BCUT2D eigenvalue weighted by Crippen LogP contribution is 2.47. The highest BCUT2D eigenvalue weighted by Gasteiger charge is 2.51. The molecule has 0 bridgehead atoms. The lowest BCUT2D eigenvalue weighted by Crippen LogP contribution is -2.64. The number of rotatable bonds is 36. The first-order valence-corrected chi connectivity index (χ1v) is 25.0. The molecule has 0 aromatic heterocycles. The van der Waals surface area contributed by atoms with Crippen molar-refractivity contribution in [2.75, 3.05) is 13.2 Å². The fourth-order valence-electron chi connectivity index (χ4n) is 6.74. The fourth-order valence-corrected chi connectivity index (χ4v) is 7.71. The Morgan fingerprint density at radius 3 is 1.62 bits per heavy atom. The summed E-state index contributed by atoms with van der Waals surface area (Å²) < 4.78 is 39.1. The summed E-state index contributed by atoms with van der Waals surface area (Å²) in [4.78, 5) is 35.7. The van der Waals surface area contributed by atoms with Gasteiger partial charge in [0.05, 0.1) is 18.8 Å². The molecule has 5 unspecified atom stereocenters. The van der Waals surface area contributed by atoms with Gasteiger partial charge >= 0.3 is 19.8 Å². The van der Waals surface area contributed by atoms with Crippen LogP contribution in [0.15, 0.2) is 85.1 Å². The molecule has 1 aliphatic heterocycles. The lowest BCUT2D eigenvalue weighted by molar-refractivity contribution is -0.220. The maximum Gasteiger partial charge on any atom is 0.472 e. The number of hydrogen-bond donors (Lipinski definition) is 6. The second-order valence-electron chi connectivity index (χ2n) is 16.3. The number of carbonyl (C=O) groups is 2. The van der Waals surface area contributed by atoms with Crippen molar-refractivity contribution in [1.29, 1.82) is 0 Å². The number of aliphatic hydroxyl groups excluding tert-OH is 5. The van der Waals surface area contributed by atoms with Crippen LogP contribution in [0.5, 0.6) is 0 Å². The first kappa shape index (κ1) is 57.1. The van der Waals surface area contributed by atoms with Gasteiger partial charge in [-0.3, -0.25) is 18.6 Å². The van der Waals surface area contributed by atoms with Crippen molar-refractivity contribution in [2.45, 2.75) is 197 Å². The van der Waals surface area contributed by atoms with Crippen LogP contribution in [-0.4, -0.2) is 111 Å². The molecule has 1 saturated heterocycles. The third kappa shape index (κ3) is 26.8. The van der Waals surface area contributed by atoms with Crippen molar-refractivity contribution in [3.05, 3.63) is 85.1 Å². The topological polar surface area (TPSA) is 222 Å². The predicted molar refractivity (Wildman–Crippen MR) is 248 cm³/mol. The molecule has 2 rings (SSSR count). The molecule has 2 aliphatic rings. The van der Waals surface area contributed by atoms with Crippen LogP contribution >= 0.6 is 7.82 Å². The van der Waals surface area contributed by atoms with E-state index in [4.69, 9.17) is 23.3 Å². The van der Waals surface area contributed by atoms with E-state index in [-0.39, 0.29) is 12.8 Å². The number of unbranched alkanes of at least 4 members (excludes halogenated alkanes) is 8. The molecule has 0 aromatic carbocycles. The third-order valence-corrected chi connectivity index (χ3v) is 11.6. The van der Waals surface area contributed by atoms with Gasteiger partial charge in [0, 0.05) is 12.8 Å². The first-order valence-electron chi connectivity index (χ1n) is 23.5. The molecular weight excluding hydrogens is 843 g/mol. The Morgan fingerprint density at radius 2 is 1.05 bits per heavy atom. The number of esters is 2. The Morgan fingerprint density at radius 1 is 0.562 bits per heavy atom. The second-order valence-corrected chi connectivity index (χ2v) is 17.7. The molecule has 1 aliphatic carbocycles. The monoisotopic (exact) mass is 923 g/mol. The molecular formula is C49H79O14P. The van der Waals surface area contributed by atoms with Crippen molar-refractivity contribution >= 4 is 19.8 Å². The highest BCUT2D eigenvalue weighted by atomic mass is 31.2. The van der Waals surface area contributed by atoms with Crippen LogP contribution < -0.4 is 0 Å². The van der Waals surface area contributed by atoms with Crippen LogP contribution in [0.4, 0.5) is 0 Å². The molecule has 14 nitrogen and oxygen atoms in total. The maximum absolute atomic E-state index is 12.8. The lowest BCUT2D eigenvalue weighted by Gasteiger charge is -2.41. The Hall–Kier alpha value is -3.01. The molecule has 2 fully saturated rings. The van der Waals surface area contributed by atoms with Gasteiger partial charge in [0.15, 0.2) is 6.10 Å². The summed E-state index contributed by atoms with van der Waals surface area (Å²) in [6.45, 7) is 3.07. The largest absolute Gasteiger partial charge is 0.472 e. The van der Waals surface area contributed by atoms with E-state index in [2.05, 4.69) is 80.7 Å². The number of carbonyl (C=O) groups excluding carboxylic acids is 2. The Labute approximate surface area is 382 Å². The van der Waals surface area contributed by atoms with Gasteiger partial charge < -0.3 is 44.6 Å². The number of hydrogen-bond acceptors (Lipinski definition) is 13. The van der Waals surface area contributed by atoms with E-state index < -0.39 is 75.7 Å². The maximum atomic E-state index is 12.8. The lowest BCUT2D eigenvalue weighted by atomic mass is 9.85. The van der Waals surface area contributed by atoms with Gasteiger partial charge in [-0.15, -0.1) is 0 Å². The van der Waals surface area contributed by atoms with E-state index >= 15 is 0 Å². The minimum atomic E-state index is -5.15. The Bertz CT molecular complexity index is 1510. The Balaban J connectivity index is 1.74. The van der Waals surface area contributed by atoms with E-state index in [0.717, 1.165) is 77.0 Å². The Kier molecular flexibility index (Phi) is 31.4. The van der Waals surface area contributed by atoms with Gasteiger partial charge in [-0.2, -0.15) is 0 Å². The summed E-state index contributed by atoms with van der Waals surface area (Å²) in [7, 11) is -5.15. The smallest absolute Gasteiger partial charge is 0.462 e. The highest BCUT2D eigenvalue weighted by molar-refractivity contribution is 7.47. The first-order chi connectivity index (χ1) is 30.9. The normalized spacial score (nSPS) is 25.5. The van der Waals surface area contributed by atoms with E-state index in [9.17, 15) is 44.6 Å². The number of allylic oxidation sites excluding steroid dienone is 12. The van der Waals surface area contributed by atoms with Crippen molar-refractivity contribution in [3.8, 4) is 0 Å². The number of phosphoric ester groups is 1. The van der Waals surface area contributed by atoms with Crippen LogP contribution in [-0.2, 0) is 37.4 Å². The van der Waals surface area contributed by atoms with Gasteiger partial charge in [-0.05, 0) is 83.5 Å². The van der Waals surface area contributed by atoms with Gasteiger partial charge in [-0.1, -0.05) is 131 Å². The zero-order valence-corrected chi connectivity index (χ0v) is 39.1. The summed E-state index contributed by atoms with van der Waals surface area (Å²) in [6.07, 6.45) is 34.0. The summed E-state index contributed by atoms with van der Waals surface area (Å²) >= 11 is 0. The molecule has 364 valence electrons. The minimum absolute atomic E-state index is 0.0395. The number of aliphatic hydroxyl groups is 5. The number of ether oxygens (including phenoxy) is 3. The molecule has 0 amide bonds. The zero-order chi connectivity index (χ0) is 46.8. The van der Waals surface area contributed by atoms with Crippen molar-refractivity contribution in [1.82, 2.24) is 0 Å². The second kappa shape index (κ2) is 35.2. The quantitative estimate of drug-likeness (QED) is 0.0115. The fraction of sp³-hybridized carbons (Fsp3) is 0.673. The number of phosphoric acid groups is 1. The SMILES string of the molecule is CC/C=C\CC1OC1C/C=C\C/C=C\C/C=C\C/C=C\CCC(=O)O[C@H](COC(=O)CCCCCCC/C=C\C/C=C\CCCCC)COP(=O)(O)OC1[C@H](O)[C@H](O)C(O)[C@H](O)[C@H]1O. The van der Waals surface area contributed by atoms with Crippen LogP contribution in [0.2, 0.25) is 0 Å². The van der Waals surface area contributed by atoms with E-state index in [1.807, 2.05) is 18.2 Å². The minimum Gasteiger partial charge on any atom is -0.462 e. The molecule has 64 heavy (non-hydrogen) atoms. The third-order valence-electron chi connectivity index (χ3n) is 10.6. The van der Waals surface area contributed by atoms with Crippen molar-refractivity contribution in [2.24, 2.45) is 0 Å². The van der Waals surface area contributed by atoms with Crippen molar-refractivity contribution < 1.29 is 67.8 Å². The summed E-state index contributed by atoms with van der Waals surface area (Å²) in [6, 6.07) is 0. The molecule has 10 atom stereocenters. The van der Waals surface area contributed by atoms with Crippen molar-refractivity contribution in [3.63, 3.8) is 0 Å². The van der Waals surface area contributed by atoms with Gasteiger partial charge in [-0.25, -0.2) is 4.57 Å². The van der Waals surface area contributed by atoms with E-state index in [1.165, 1.54) is 19.3 Å². The molecule has 1 saturated carbocycles. The van der Waals surface area contributed by atoms with Crippen LogP contribution in [0, 0.1) is 0 Å². The predicted octanol–water partition coefficient (Wildman–Crippen LogP) is 8.26. The average Bonchev–Trinajstić information content (AvgIpc) is 4.03. The standard InChI is InChI=1S/C49H79O14P/c1-3-5-7-8-9-10-11-12-13-14-18-21-24-27-31-35-42(50)59-37-39(38-60-64(57,58)63-49-47(55)45(53)44(52)46(54)48(49)56)61-43(51)36-32-28-25-22-19-16-15-17-20-23-26-30-34-41-40(62-41)33-29-6-4-2/h6,9-10,12-13,16-17,19-20,25-26,28-30,39-41,44-49,52-56H,3-5,7-8,11,14-15,18,21-24,27,31-38H2,1-2H3,(H,57,58)/b10-9-,13-12-,19-16-,20-17-,28-25-,29-6-,30-26-/t39-,40?,41?,44?,45-,46+,47-,48-,49?/m1/s1. The molecule has 15 heteroatoms. The summed E-state index contributed by atoms with van der Waals surface area (Å²) in [5.74, 6) is -1.23. The van der Waals surface area contributed by atoms with Crippen LogP contribution in [0.3, 0.4) is 0 Å². The van der Waals surface area contributed by atoms with Gasteiger partial charge in [0.1, 0.15) is 43.2 Å². The van der Waals surface area contributed by atoms with E-state index in [0.29, 0.717) is 31.5 Å². The molecule has 1 heterocycles. The van der Waals surface area contributed by atoms with Gasteiger partial charge in [0.25, 0.3) is 0 Å². The number of epoxide rings is 1. The summed E-state index contributed by atoms with van der Waals surface area (Å²) in [5, 5.41) is 50.2. The van der Waals surface area contributed by atoms with E-state index in [1.54, 1.807) is 0 Å². The van der Waals surface area contributed by atoms with Crippen LogP contribution in [0.25, 0.3) is 0 Å².